The molecule has 4 rings (SSSR count). The van der Waals surface area contributed by atoms with Crippen molar-refractivity contribution in [2.24, 2.45) is 0 Å². The van der Waals surface area contributed by atoms with Gasteiger partial charge in [0.2, 0.25) is 0 Å². The lowest BCUT2D eigenvalue weighted by Crippen LogP contribution is -1.99. The van der Waals surface area contributed by atoms with Gasteiger partial charge in [0.1, 0.15) is 7.85 Å². The van der Waals surface area contributed by atoms with Crippen LogP contribution in [0.15, 0.2) is 72.8 Å². The molecule has 0 unspecified atom stereocenters. The zero-order chi connectivity index (χ0) is 14.2. The van der Waals surface area contributed by atoms with Gasteiger partial charge in [-0.25, -0.2) is 4.98 Å². The van der Waals surface area contributed by atoms with Crippen molar-refractivity contribution in [2.75, 3.05) is 0 Å². The molecule has 0 amide bonds. The molecule has 0 saturated carbocycles. The Hall–Kier alpha value is -2.61. The molecule has 0 spiro atoms. The van der Waals surface area contributed by atoms with Crippen LogP contribution in [0.4, 0.5) is 0 Å². The van der Waals surface area contributed by atoms with E-state index in [0.29, 0.717) is 0 Å². The zero-order valence-corrected chi connectivity index (χ0v) is 11.9. The molecule has 1 aromatic heterocycles. The average molecular weight is 267 g/mol. The second-order valence-electron chi connectivity index (χ2n) is 5.42. The number of fused-ring (bicyclic) bond motifs is 3. The summed E-state index contributed by atoms with van der Waals surface area (Å²) in [5, 5.41) is 3.63. The van der Waals surface area contributed by atoms with Gasteiger partial charge in [0.15, 0.2) is 0 Å². The van der Waals surface area contributed by atoms with Crippen molar-refractivity contribution >= 4 is 35.0 Å². The molecule has 21 heavy (non-hydrogen) atoms. The zero-order valence-electron chi connectivity index (χ0n) is 11.9. The van der Waals surface area contributed by atoms with Crippen LogP contribution in [0.25, 0.3) is 32.9 Å². The average Bonchev–Trinajstić information content (AvgIpc) is 2.55. The highest BCUT2D eigenvalue weighted by Gasteiger charge is 2.04. The summed E-state index contributed by atoms with van der Waals surface area (Å²) in [7, 11) is 2.10. The van der Waals surface area contributed by atoms with Gasteiger partial charge in [-0.2, -0.15) is 0 Å². The van der Waals surface area contributed by atoms with Gasteiger partial charge in [0, 0.05) is 16.3 Å². The first-order chi connectivity index (χ1) is 10.3. The largest absolute Gasteiger partial charge is 0.247 e. The van der Waals surface area contributed by atoms with E-state index < -0.39 is 0 Å². The van der Waals surface area contributed by atoms with Crippen molar-refractivity contribution in [3.05, 3.63) is 72.8 Å². The van der Waals surface area contributed by atoms with E-state index in [1.165, 1.54) is 21.6 Å². The number of benzene rings is 3. The quantitative estimate of drug-likeness (QED) is 0.381. The van der Waals surface area contributed by atoms with E-state index in [0.717, 1.165) is 16.8 Å². The fourth-order valence-electron chi connectivity index (χ4n) is 2.74. The van der Waals surface area contributed by atoms with Crippen LogP contribution in [0.3, 0.4) is 0 Å². The summed E-state index contributed by atoms with van der Waals surface area (Å²) >= 11 is 0. The Morgan fingerprint density at radius 2 is 1.38 bits per heavy atom. The van der Waals surface area contributed by atoms with Crippen molar-refractivity contribution in [1.29, 1.82) is 0 Å². The molecule has 1 heterocycles. The van der Waals surface area contributed by atoms with E-state index in [-0.39, 0.29) is 0 Å². The lowest BCUT2D eigenvalue weighted by molar-refractivity contribution is 1.41. The van der Waals surface area contributed by atoms with E-state index >= 15 is 0 Å². The smallest absolute Gasteiger partial charge is 0.139 e. The number of hydrogen-bond acceptors (Lipinski definition) is 1. The molecule has 0 fully saturated rings. The third kappa shape index (κ3) is 2.09. The van der Waals surface area contributed by atoms with Gasteiger partial charge < -0.3 is 0 Å². The van der Waals surface area contributed by atoms with Gasteiger partial charge in [-0.05, 0) is 11.5 Å². The molecule has 98 valence electrons. The van der Waals surface area contributed by atoms with Crippen LogP contribution in [-0.4, -0.2) is 12.8 Å². The van der Waals surface area contributed by atoms with Gasteiger partial charge in [0.25, 0.3) is 0 Å². The van der Waals surface area contributed by atoms with Crippen LogP contribution in [0.2, 0.25) is 0 Å². The molecule has 0 aliphatic carbocycles. The minimum absolute atomic E-state index is 1.03. The third-order valence-electron chi connectivity index (χ3n) is 3.93. The SMILES string of the molecule is Bc1ccc(-c2ccc3ccc4ccccc4c3n2)cc1. The number of pyridine rings is 1. The molecule has 0 radical (unpaired) electrons. The minimum atomic E-state index is 1.03. The second kappa shape index (κ2) is 4.74. The number of hydrogen-bond donors (Lipinski definition) is 0. The van der Waals surface area contributed by atoms with Gasteiger partial charge in [0.05, 0.1) is 11.2 Å². The molecule has 0 aliphatic heterocycles. The Balaban J connectivity index is 2.00. The molecular formula is C19H14BN. The highest BCUT2D eigenvalue weighted by molar-refractivity contribution is 6.32. The lowest BCUT2D eigenvalue weighted by Gasteiger charge is -2.06. The van der Waals surface area contributed by atoms with Gasteiger partial charge in [-0.15, -0.1) is 0 Å². The van der Waals surface area contributed by atoms with Crippen molar-refractivity contribution < 1.29 is 0 Å². The van der Waals surface area contributed by atoms with Gasteiger partial charge >= 0.3 is 0 Å². The molecule has 3 aromatic carbocycles. The van der Waals surface area contributed by atoms with Crippen LogP contribution in [0.5, 0.6) is 0 Å². The first-order valence-electron chi connectivity index (χ1n) is 7.17. The summed E-state index contributed by atoms with van der Waals surface area (Å²) < 4.78 is 0. The minimum Gasteiger partial charge on any atom is -0.247 e. The lowest BCUT2D eigenvalue weighted by atomic mass is 9.94. The fourth-order valence-corrected chi connectivity index (χ4v) is 2.74. The van der Waals surface area contributed by atoms with E-state index in [1.54, 1.807) is 0 Å². The molecule has 0 N–H and O–H groups in total. The number of rotatable bonds is 1. The summed E-state index contributed by atoms with van der Waals surface area (Å²) in [6.45, 7) is 0. The van der Waals surface area contributed by atoms with Crippen LogP contribution in [0, 0.1) is 0 Å². The van der Waals surface area contributed by atoms with E-state index in [9.17, 15) is 0 Å². The van der Waals surface area contributed by atoms with Gasteiger partial charge in [-0.3, -0.25) is 0 Å². The molecule has 4 aromatic rings. The number of aromatic nitrogens is 1. The third-order valence-corrected chi connectivity index (χ3v) is 3.93. The van der Waals surface area contributed by atoms with Crippen LogP contribution in [-0.2, 0) is 0 Å². The summed E-state index contributed by atoms with van der Waals surface area (Å²) in [4.78, 5) is 4.90. The Kier molecular flexibility index (Phi) is 2.75. The summed E-state index contributed by atoms with van der Waals surface area (Å²) in [6.07, 6.45) is 0. The van der Waals surface area contributed by atoms with Crippen molar-refractivity contribution in [3.63, 3.8) is 0 Å². The van der Waals surface area contributed by atoms with E-state index in [2.05, 4.69) is 80.6 Å². The topological polar surface area (TPSA) is 12.9 Å². The van der Waals surface area contributed by atoms with Crippen molar-refractivity contribution in [3.8, 4) is 11.3 Å². The fraction of sp³-hybridized carbons (Fsp3) is 0. The second-order valence-corrected chi connectivity index (χ2v) is 5.42. The van der Waals surface area contributed by atoms with Crippen LogP contribution >= 0.6 is 0 Å². The summed E-state index contributed by atoms with van der Waals surface area (Å²) in [6, 6.07) is 25.5. The molecule has 0 atom stereocenters. The maximum absolute atomic E-state index is 4.90. The maximum Gasteiger partial charge on any atom is 0.139 e. The molecule has 0 bridgehead atoms. The molecule has 0 saturated heterocycles. The highest BCUT2D eigenvalue weighted by atomic mass is 14.7. The normalized spacial score (nSPS) is 11.0. The van der Waals surface area contributed by atoms with Crippen LogP contribution in [0.1, 0.15) is 0 Å². The molecule has 2 heteroatoms. The number of nitrogens with zero attached hydrogens (tertiary/aromatic N) is 1. The standard InChI is InChI=1S/C19H14BN/c20-16-10-7-14(8-11-16)18-12-9-15-6-5-13-3-1-2-4-17(13)19(15)21-18/h1-12H,20H2. The summed E-state index contributed by atoms with van der Waals surface area (Å²) in [5.74, 6) is 0. The van der Waals surface area contributed by atoms with E-state index in [4.69, 9.17) is 4.98 Å². The van der Waals surface area contributed by atoms with Gasteiger partial charge in [-0.1, -0.05) is 72.2 Å². The molecule has 1 nitrogen and oxygen atoms in total. The van der Waals surface area contributed by atoms with Crippen LogP contribution < -0.4 is 5.46 Å². The Bertz CT molecular complexity index is 942. The highest BCUT2D eigenvalue weighted by Crippen LogP contribution is 2.26. The predicted octanol–water partition coefficient (Wildman–Crippen LogP) is 3.31. The first-order valence-corrected chi connectivity index (χ1v) is 7.17. The first kappa shape index (κ1) is 12.2. The molecular weight excluding hydrogens is 253 g/mol. The van der Waals surface area contributed by atoms with Crippen molar-refractivity contribution in [1.82, 2.24) is 4.98 Å². The Labute approximate surface area is 124 Å². The molecule has 0 aliphatic rings. The Morgan fingerprint density at radius 1 is 0.667 bits per heavy atom. The monoisotopic (exact) mass is 267 g/mol. The predicted molar refractivity (Wildman–Crippen MR) is 92.9 cm³/mol. The van der Waals surface area contributed by atoms with Crippen molar-refractivity contribution in [2.45, 2.75) is 0 Å². The Morgan fingerprint density at radius 3 is 2.24 bits per heavy atom. The maximum atomic E-state index is 4.90. The summed E-state index contributed by atoms with van der Waals surface area (Å²) in [5.41, 5.74) is 4.53. The van der Waals surface area contributed by atoms with E-state index in [1.807, 2.05) is 0 Å².